The van der Waals surface area contributed by atoms with Gasteiger partial charge in [0.05, 0.1) is 20.8 Å². The summed E-state index contributed by atoms with van der Waals surface area (Å²) in [6, 6.07) is 10.3. The van der Waals surface area contributed by atoms with Crippen molar-refractivity contribution in [1.82, 2.24) is 15.2 Å². The van der Waals surface area contributed by atoms with E-state index in [1.807, 2.05) is 0 Å². The lowest BCUT2D eigenvalue weighted by molar-refractivity contribution is -0.396. The Hall–Kier alpha value is -2.98. The first-order valence-electron chi connectivity index (χ1n) is 6.73. The topological polar surface area (TPSA) is 128 Å². The maximum absolute atomic E-state index is 11.2. The molecule has 0 aliphatic rings. The summed E-state index contributed by atoms with van der Waals surface area (Å²) in [4.78, 5) is 25.0. The second kappa shape index (κ2) is 6.87. The highest BCUT2D eigenvalue weighted by Gasteiger charge is 2.21. The summed E-state index contributed by atoms with van der Waals surface area (Å²) < 4.78 is 0. The minimum absolute atomic E-state index is 0.206. The van der Waals surface area contributed by atoms with Gasteiger partial charge < -0.3 is 0 Å². The van der Waals surface area contributed by atoms with E-state index in [0.29, 0.717) is 10.8 Å². The summed E-state index contributed by atoms with van der Waals surface area (Å²) in [6.07, 6.45) is 0. The predicted molar refractivity (Wildman–Crippen MR) is 90.7 cm³/mol. The Morgan fingerprint density at radius 2 is 1.76 bits per heavy atom. The van der Waals surface area contributed by atoms with E-state index >= 15 is 0 Å². The average molecular weight is 378 g/mol. The molecule has 0 bridgehead atoms. The zero-order chi connectivity index (χ0) is 18.0. The van der Waals surface area contributed by atoms with Gasteiger partial charge in [-0.1, -0.05) is 11.6 Å². The lowest BCUT2D eigenvalue weighted by atomic mass is 10.2. The van der Waals surface area contributed by atoms with Crippen LogP contribution < -0.4 is 0 Å². The largest absolute Gasteiger partial charge is 0.290 e. The number of non-ortho nitro benzene ring substituents is 1. The molecule has 126 valence electrons. The van der Waals surface area contributed by atoms with E-state index in [-0.39, 0.29) is 21.4 Å². The van der Waals surface area contributed by atoms with E-state index in [2.05, 4.69) is 15.2 Å². The van der Waals surface area contributed by atoms with Gasteiger partial charge in [0.15, 0.2) is 5.82 Å². The zero-order valence-electron chi connectivity index (χ0n) is 12.2. The molecule has 2 aromatic carbocycles. The Balaban J connectivity index is 1.89. The third kappa shape index (κ3) is 3.75. The molecule has 3 rings (SSSR count). The monoisotopic (exact) mass is 377 g/mol. The number of nitro benzene ring substituents is 2. The maximum Gasteiger partial charge on any atom is 0.290 e. The molecule has 0 saturated heterocycles. The summed E-state index contributed by atoms with van der Waals surface area (Å²) in [7, 11) is 0. The van der Waals surface area contributed by atoms with Gasteiger partial charge in [0.1, 0.15) is 0 Å². The molecular weight excluding hydrogens is 370 g/mol. The van der Waals surface area contributed by atoms with Crippen molar-refractivity contribution >= 4 is 34.7 Å². The van der Waals surface area contributed by atoms with Crippen LogP contribution in [0.15, 0.2) is 52.5 Å². The predicted octanol–water partition coefficient (Wildman–Crippen LogP) is 4.09. The zero-order valence-corrected chi connectivity index (χ0v) is 13.8. The van der Waals surface area contributed by atoms with Gasteiger partial charge >= 0.3 is 0 Å². The standard InChI is InChI=1S/C14H8ClN5O4S/c15-9-3-1-8(2-4-9)13-16-14(18-17-13)25-12-6-5-10(19(21)22)7-11(12)20(23)24/h1-7H,(H,16,17,18). The van der Waals surface area contributed by atoms with Crippen LogP contribution in [0.4, 0.5) is 11.4 Å². The SMILES string of the molecule is O=[N+]([O-])c1ccc(Sc2n[nH]c(-c3ccc(Cl)cc3)n2)c([N+](=O)[O-])c1. The van der Waals surface area contributed by atoms with Gasteiger partial charge in [0, 0.05) is 16.7 Å². The van der Waals surface area contributed by atoms with E-state index in [4.69, 9.17) is 11.6 Å². The first-order chi connectivity index (χ1) is 11.9. The van der Waals surface area contributed by atoms with Gasteiger partial charge in [-0.25, -0.2) is 4.98 Å². The van der Waals surface area contributed by atoms with Crippen molar-refractivity contribution in [2.45, 2.75) is 10.1 Å². The molecule has 11 heteroatoms. The lowest BCUT2D eigenvalue weighted by Gasteiger charge is -1.99. The van der Waals surface area contributed by atoms with Gasteiger partial charge in [-0.15, -0.1) is 5.10 Å². The smallest absolute Gasteiger partial charge is 0.258 e. The molecule has 9 nitrogen and oxygen atoms in total. The number of nitro groups is 2. The minimum atomic E-state index is -0.688. The number of rotatable bonds is 5. The molecular formula is C14H8ClN5O4S. The lowest BCUT2D eigenvalue weighted by Crippen LogP contribution is -1.94. The van der Waals surface area contributed by atoms with Crippen LogP contribution in [0, 0.1) is 20.2 Å². The second-order valence-corrected chi connectivity index (χ2v) is 6.19. The van der Waals surface area contributed by atoms with Crippen molar-refractivity contribution < 1.29 is 9.85 Å². The van der Waals surface area contributed by atoms with E-state index in [9.17, 15) is 20.2 Å². The Morgan fingerprint density at radius 3 is 2.40 bits per heavy atom. The normalized spacial score (nSPS) is 10.6. The number of nitrogens with one attached hydrogen (secondary N) is 1. The van der Waals surface area contributed by atoms with Crippen LogP contribution in [0.3, 0.4) is 0 Å². The molecule has 3 aromatic rings. The minimum Gasteiger partial charge on any atom is -0.258 e. The van der Waals surface area contributed by atoms with Gasteiger partial charge in [-0.3, -0.25) is 25.3 Å². The van der Waals surface area contributed by atoms with Crippen molar-refractivity contribution in [3.05, 3.63) is 67.7 Å². The second-order valence-electron chi connectivity index (χ2n) is 4.74. The number of nitrogens with zero attached hydrogens (tertiary/aromatic N) is 4. The molecule has 0 saturated carbocycles. The van der Waals surface area contributed by atoms with Gasteiger partial charge in [-0.05, 0) is 42.1 Å². The molecule has 0 atom stereocenters. The molecule has 0 spiro atoms. The fourth-order valence-corrected chi connectivity index (χ4v) is 2.90. The highest BCUT2D eigenvalue weighted by atomic mass is 35.5. The Kier molecular flexibility index (Phi) is 4.63. The first kappa shape index (κ1) is 16.9. The molecule has 1 aromatic heterocycles. The van der Waals surface area contributed by atoms with Crippen molar-refractivity contribution in [3.63, 3.8) is 0 Å². The maximum atomic E-state index is 11.2. The Bertz CT molecular complexity index is 960. The van der Waals surface area contributed by atoms with E-state index in [1.54, 1.807) is 24.3 Å². The molecule has 0 radical (unpaired) electrons. The van der Waals surface area contributed by atoms with Crippen molar-refractivity contribution in [3.8, 4) is 11.4 Å². The highest BCUT2D eigenvalue weighted by molar-refractivity contribution is 7.99. The molecule has 0 aliphatic heterocycles. The third-order valence-corrected chi connectivity index (χ3v) is 4.32. The first-order valence-corrected chi connectivity index (χ1v) is 7.92. The van der Waals surface area contributed by atoms with Crippen LogP contribution in [0.5, 0.6) is 0 Å². The summed E-state index contributed by atoms with van der Waals surface area (Å²) in [6.45, 7) is 0. The van der Waals surface area contributed by atoms with Crippen LogP contribution >= 0.6 is 23.4 Å². The molecule has 1 heterocycles. The van der Waals surface area contributed by atoms with E-state index in [1.165, 1.54) is 12.1 Å². The summed E-state index contributed by atoms with van der Waals surface area (Å²) >= 11 is 6.77. The summed E-state index contributed by atoms with van der Waals surface area (Å²) in [5.74, 6) is 0.476. The quantitative estimate of drug-likeness (QED) is 0.523. The van der Waals surface area contributed by atoms with Crippen molar-refractivity contribution in [2.24, 2.45) is 0 Å². The van der Waals surface area contributed by atoms with Gasteiger partial charge in [0.25, 0.3) is 11.4 Å². The van der Waals surface area contributed by atoms with Crippen LogP contribution in [-0.2, 0) is 0 Å². The van der Waals surface area contributed by atoms with Crippen LogP contribution in [0.1, 0.15) is 0 Å². The van der Waals surface area contributed by atoms with Crippen LogP contribution in [0.2, 0.25) is 5.02 Å². The van der Waals surface area contributed by atoms with Crippen molar-refractivity contribution in [1.29, 1.82) is 0 Å². The van der Waals surface area contributed by atoms with Gasteiger partial charge in [-0.2, -0.15) is 0 Å². The Labute approximate surface area is 149 Å². The third-order valence-electron chi connectivity index (χ3n) is 3.13. The molecule has 0 unspecified atom stereocenters. The molecule has 0 fully saturated rings. The fraction of sp³-hybridized carbons (Fsp3) is 0. The van der Waals surface area contributed by atoms with Gasteiger partial charge in [0.2, 0.25) is 5.16 Å². The molecule has 25 heavy (non-hydrogen) atoms. The number of halogens is 1. The number of benzene rings is 2. The summed E-state index contributed by atoms with van der Waals surface area (Å²) in [5, 5.41) is 29.5. The van der Waals surface area contributed by atoms with Crippen molar-refractivity contribution in [2.75, 3.05) is 0 Å². The fourth-order valence-electron chi connectivity index (χ4n) is 1.98. The van der Waals surface area contributed by atoms with E-state index < -0.39 is 9.85 Å². The highest BCUT2D eigenvalue weighted by Crippen LogP contribution is 2.35. The summed E-state index contributed by atoms with van der Waals surface area (Å²) in [5.41, 5.74) is 0.0203. The van der Waals surface area contributed by atoms with E-state index in [0.717, 1.165) is 23.4 Å². The number of H-pyrrole nitrogens is 1. The van der Waals surface area contributed by atoms with Crippen LogP contribution in [0.25, 0.3) is 11.4 Å². The Morgan fingerprint density at radius 1 is 1.04 bits per heavy atom. The number of hydrogen-bond acceptors (Lipinski definition) is 7. The molecule has 0 aliphatic carbocycles. The number of hydrogen-bond donors (Lipinski definition) is 1. The molecule has 1 N–H and O–H groups in total. The number of aromatic amines is 1. The van der Waals surface area contributed by atoms with Crippen LogP contribution in [-0.4, -0.2) is 25.0 Å². The number of aromatic nitrogens is 3. The molecule has 0 amide bonds. The average Bonchev–Trinajstić information content (AvgIpc) is 3.04.